The van der Waals surface area contributed by atoms with Crippen molar-refractivity contribution in [1.82, 2.24) is 4.98 Å². The zero-order valence-electron chi connectivity index (χ0n) is 11.1. The summed E-state index contributed by atoms with van der Waals surface area (Å²) in [6.07, 6.45) is 2.25. The largest absolute Gasteiger partial charge is 0.298 e. The molecule has 0 saturated carbocycles. The van der Waals surface area contributed by atoms with Gasteiger partial charge in [0.05, 0.1) is 10.6 Å². The van der Waals surface area contributed by atoms with Crippen LogP contribution in [-0.4, -0.2) is 16.7 Å². The van der Waals surface area contributed by atoms with Crippen molar-refractivity contribution >= 4 is 28.2 Å². The molecule has 1 aliphatic carbocycles. The lowest BCUT2D eigenvalue weighted by Gasteiger charge is -2.05. The molecule has 5 heteroatoms. The number of rotatable bonds is 2. The molecule has 0 bridgehead atoms. The molecule has 2 aromatic rings. The summed E-state index contributed by atoms with van der Waals surface area (Å²) in [4.78, 5) is 28.9. The molecule has 102 valence electrons. The quantitative estimate of drug-likeness (QED) is 0.922. The van der Waals surface area contributed by atoms with E-state index in [9.17, 15) is 9.59 Å². The lowest BCUT2D eigenvalue weighted by molar-refractivity contribution is 0.0975. The molecule has 0 unspecified atom stereocenters. The standard InChI is InChI=1S/C15H14N2O2S/c1-9-5-7-10(8-6-9)14(19)17-15-16-11-3-2-4-12(18)13(11)20-15/h5-8H,2-4H2,1H3,(H,16,17,19). The Kier molecular flexibility index (Phi) is 3.36. The fraction of sp³-hybridized carbons (Fsp3) is 0.267. The van der Waals surface area contributed by atoms with Crippen LogP contribution in [0.4, 0.5) is 5.13 Å². The number of nitrogens with zero attached hydrogens (tertiary/aromatic N) is 1. The van der Waals surface area contributed by atoms with Gasteiger partial charge in [0.15, 0.2) is 10.9 Å². The van der Waals surface area contributed by atoms with Crippen LogP contribution in [-0.2, 0) is 6.42 Å². The second-order valence-electron chi connectivity index (χ2n) is 4.89. The minimum absolute atomic E-state index is 0.139. The average Bonchev–Trinajstić information content (AvgIpc) is 2.83. The summed E-state index contributed by atoms with van der Waals surface area (Å²) in [5.41, 5.74) is 2.53. The highest BCUT2D eigenvalue weighted by Gasteiger charge is 2.22. The first-order valence-corrected chi connectivity index (χ1v) is 7.36. The maximum atomic E-state index is 12.1. The van der Waals surface area contributed by atoms with E-state index < -0.39 is 0 Å². The van der Waals surface area contributed by atoms with Gasteiger partial charge >= 0.3 is 0 Å². The van der Waals surface area contributed by atoms with Crippen LogP contribution in [0.3, 0.4) is 0 Å². The Bertz CT molecular complexity index is 674. The number of Topliss-reactive ketones (excluding diaryl/α,β-unsaturated/α-hetero) is 1. The number of carbonyl (C=O) groups excluding carboxylic acids is 2. The van der Waals surface area contributed by atoms with Crippen molar-refractivity contribution in [1.29, 1.82) is 0 Å². The molecule has 4 nitrogen and oxygen atoms in total. The van der Waals surface area contributed by atoms with Crippen LogP contribution >= 0.6 is 11.3 Å². The van der Waals surface area contributed by atoms with Gasteiger partial charge in [-0.25, -0.2) is 4.98 Å². The van der Waals surface area contributed by atoms with E-state index in [1.54, 1.807) is 12.1 Å². The number of nitrogens with one attached hydrogen (secondary N) is 1. The molecule has 0 saturated heterocycles. The summed E-state index contributed by atoms with van der Waals surface area (Å²) in [6.45, 7) is 1.97. The van der Waals surface area contributed by atoms with E-state index in [-0.39, 0.29) is 11.7 Å². The molecule has 0 fully saturated rings. The summed E-state index contributed by atoms with van der Waals surface area (Å²) in [7, 11) is 0. The number of aryl methyl sites for hydroxylation is 2. The number of carbonyl (C=O) groups is 2. The molecule has 1 N–H and O–H groups in total. The normalized spacial score (nSPS) is 13.9. The molecule has 1 amide bonds. The molecule has 0 radical (unpaired) electrons. The Balaban J connectivity index is 1.79. The molecule has 0 aliphatic heterocycles. The van der Waals surface area contributed by atoms with Crippen molar-refractivity contribution < 1.29 is 9.59 Å². The van der Waals surface area contributed by atoms with E-state index in [0.717, 1.165) is 24.1 Å². The number of anilines is 1. The number of thiazole rings is 1. The van der Waals surface area contributed by atoms with Crippen molar-refractivity contribution in [3.8, 4) is 0 Å². The van der Waals surface area contributed by atoms with Crippen molar-refractivity contribution in [2.75, 3.05) is 5.32 Å². The van der Waals surface area contributed by atoms with Gasteiger partial charge in [0.1, 0.15) is 0 Å². The van der Waals surface area contributed by atoms with Gasteiger partial charge in [-0.2, -0.15) is 0 Å². The third kappa shape index (κ3) is 2.49. The van der Waals surface area contributed by atoms with Crippen molar-refractivity contribution in [2.45, 2.75) is 26.2 Å². The molecule has 1 heterocycles. The highest BCUT2D eigenvalue weighted by atomic mass is 32.1. The lowest BCUT2D eigenvalue weighted by Crippen LogP contribution is -2.11. The molecule has 0 atom stereocenters. The summed E-state index contributed by atoms with van der Waals surface area (Å²) in [5, 5.41) is 3.28. The molecule has 0 spiro atoms. The first-order chi connectivity index (χ1) is 9.63. The maximum absolute atomic E-state index is 12.1. The van der Waals surface area contributed by atoms with Gasteiger partial charge in [-0.1, -0.05) is 29.0 Å². The molecular formula is C15H14N2O2S. The summed E-state index contributed by atoms with van der Waals surface area (Å²) < 4.78 is 0. The smallest absolute Gasteiger partial charge is 0.257 e. The molecule has 1 aromatic heterocycles. The zero-order chi connectivity index (χ0) is 14.1. The summed E-state index contributed by atoms with van der Waals surface area (Å²) in [5.74, 6) is -0.0527. The van der Waals surface area contributed by atoms with Gasteiger partial charge in [0.2, 0.25) is 0 Å². The summed E-state index contributed by atoms with van der Waals surface area (Å²) in [6, 6.07) is 7.35. The number of benzene rings is 1. The van der Waals surface area contributed by atoms with Crippen LogP contribution in [0.2, 0.25) is 0 Å². The van der Waals surface area contributed by atoms with E-state index in [0.29, 0.717) is 22.0 Å². The fourth-order valence-corrected chi connectivity index (χ4v) is 3.17. The van der Waals surface area contributed by atoms with Crippen LogP contribution in [0, 0.1) is 6.92 Å². The second-order valence-corrected chi connectivity index (χ2v) is 5.89. The number of hydrogen-bond donors (Lipinski definition) is 1. The van der Waals surface area contributed by atoms with E-state index in [1.807, 2.05) is 19.1 Å². The molecule has 1 aliphatic rings. The third-order valence-corrected chi connectivity index (χ3v) is 4.36. The van der Waals surface area contributed by atoms with Crippen molar-refractivity contribution in [2.24, 2.45) is 0 Å². The van der Waals surface area contributed by atoms with Crippen LogP contribution in [0.5, 0.6) is 0 Å². The number of fused-ring (bicyclic) bond motifs is 1. The Morgan fingerprint density at radius 2 is 2.00 bits per heavy atom. The van der Waals surface area contributed by atoms with Gasteiger partial charge in [-0.05, 0) is 31.9 Å². The maximum Gasteiger partial charge on any atom is 0.257 e. The van der Waals surface area contributed by atoms with Gasteiger partial charge in [0.25, 0.3) is 5.91 Å². The SMILES string of the molecule is Cc1ccc(C(=O)Nc2nc3c(s2)C(=O)CCC3)cc1. The van der Waals surface area contributed by atoms with E-state index in [4.69, 9.17) is 0 Å². The molecule has 1 aromatic carbocycles. The third-order valence-electron chi connectivity index (χ3n) is 3.30. The predicted molar refractivity (Wildman–Crippen MR) is 78.5 cm³/mol. The topological polar surface area (TPSA) is 59.1 Å². The van der Waals surface area contributed by atoms with Crippen molar-refractivity contribution in [3.63, 3.8) is 0 Å². The highest BCUT2D eigenvalue weighted by molar-refractivity contribution is 7.17. The first kappa shape index (κ1) is 13.0. The van der Waals surface area contributed by atoms with E-state index in [2.05, 4.69) is 10.3 Å². The molecule has 3 rings (SSSR count). The Labute approximate surface area is 120 Å². The van der Waals surface area contributed by atoms with Crippen LogP contribution in [0.15, 0.2) is 24.3 Å². The van der Waals surface area contributed by atoms with E-state index >= 15 is 0 Å². The monoisotopic (exact) mass is 286 g/mol. The van der Waals surface area contributed by atoms with Gasteiger partial charge in [0, 0.05) is 12.0 Å². The lowest BCUT2D eigenvalue weighted by atomic mass is 10.0. The number of hydrogen-bond acceptors (Lipinski definition) is 4. The zero-order valence-corrected chi connectivity index (χ0v) is 11.9. The Hall–Kier alpha value is -2.01. The van der Waals surface area contributed by atoms with Crippen molar-refractivity contribution in [3.05, 3.63) is 46.0 Å². The number of amides is 1. The minimum Gasteiger partial charge on any atom is -0.298 e. The van der Waals surface area contributed by atoms with Crippen LogP contribution in [0.1, 0.15) is 44.1 Å². The van der Waals surface area contributed by atoms with Gasteiger partial charge in [-0.3, -0.25) is 14.9 Å². The predicted octanol–water partition coefficient (Wildman–Crippen LogP) is 3.22. The average molecular weight is 286 g/mol. The molecular weight excluding hydrogens is 272 g/mol. The Morgan fingerprint density at radius 3 is 2.70 bits per heavy atom. The fourth-order valence-electron chi connectivity index (χ4n) is 2.20. The first-order valence-electron chi connectivity index (χ1n) is 6.54. The second kappa shape index (κ2) is 5.17. The van der Waals surface area contributed by atoms with Crippen LogP contribution in [0.25, 0.3) is 0 Å². The van der Waals surface area contributed by atoms with Gasteiger partial charge in [-0.15, -0.1) is 0 Å². The number of ketones is 1. The van der Waals surface area contributed by atoms with Gasteiger partial charge < -0.3 is 0 Å². The number of aromatic nitrogens is 1. The highest BCUT2D eigenvalue weighted by Crippen LogP contribution is 2.29. The van der Waals surface area contributed by atoms with Crippen LogP contribution < -0.4 is 5.32 Å². The minimum atomic E-state index is -0.191. The molecule has 20 heavy (non-hydrogen) atoms. The van der Waals surface area contributed by atoms with E-state index in [1.165, 1.54) is 11.3 Å². The summed E-state index contributed by atoms with van der Waals surface area (Å²) >= 11 is 1.28. The Morgan fingerprint density at radius 1 is 1.25 bits per heavy atom.